The minimum Gasteiger partial charge on any atom is -0.478 e. The molecule has 4 nitrogen and oxygen atoms in total. The summed E-state index contributed by atoms with van der Waals surface area (Å²) < 4.78 is 0. The van der Waals surface area contributed by atoms with Crippen LogP contribution in [0.1, 0.15) is 12.5 Å². The summed E-state index contributed by atoms with van der Waals surface area (Å²) in [7, 11) is 3.85. The molecule has 16 heavy (non-hydrogen) atoms. The highest BCUT2D eigenvalue weighted by Gasteiger charge is 2.04. The fourth-order valence-corrected chi connectivity index (χ4v) is 1.27. The van der Waals surface area contributed by atoms with Crippen molar-refractivity contribution in [3.05, 3.63) is 29.3 Å². The van der Waals surface area contributed by atoms with Crippen LogP contribution in [0.5, 0.6) is 0 Å². The standard InChI is InChI=1S/C12H16N2O2/c1-8(12(15)16)6-9-4-5-10(14(2)3)7-11(9)13/h4-7H,13H2,1-3H3,(H,15,16)/b8-6+. The molecule has 86 valence electrons. The highest BCUT2D eigenvalue weighted by atomic mass is 16.4. The molecular weight excluding hydrogens is 204 g/mol. The van der Waals surface area contributed by atoms with Gasteiger partial charge in [-0.3, -0.25) is 0 Å². The van der Waals surface area contributed by atoms with E-state index in [0.29, 0.717) is 5.69 Å². The number of benzene rings is 1. The van der Waals surface area contributed by atoms with Crippen molar-refractivity contribution in [2.24, 2.45) is 0 Å². The summed E-state index contributed by atoms with van der Waals surface area (Å²) in [5, 5.41) is 8.76. The second-order valence-electron chi connectivity index (χ2n) is 3.84. The molecule has 0 aliphatic rings. The van der Waals surface area contributed by atoms with Gasteiger partial charge in [-0.05, 0) is 30.7 Å². The molecular formula is C12H16N2O2. The SMILES string of the molecule is C/C(=C\c1ccc(N(C)C)cc1N)C(=O)O. The van der Waals surface area contributed by atoms with Crippen LogP contribution in [0.2, 0.25) is 0 Å². The van der Waals surface area contributed by atoms with Crippen molar-refractivity contribution in [2.75, 3.05) is 24.7 Å². The van der Waals surface area contributed by atoms with Gasteiger partial charge >= 0.3 is 5.97 Å². The second-order valence-corrected chi connectivity index (χ2v) is 3.84. The van der Waals surface area contributed by atoms with E-state index in [-0.39, 0.29) is 5.57 Å². The molecule has 0 aliphatic carbocycles. The van der Waals surface area contributed by atoms with Crippen LogP contribution in [-0.2, 0) is 4.79 Å². The third-order valence-corrected chi connectivity index (χ3v) is 2.30. The number of nitrogen functional groups attached to an aromatic ring is 1. The van der Waals surface area contributed by atoms with E-state index < -0.39 is 5.97 Å². The molecule has 0 spiro atoms. The lowest BCUT2D eigenvalue weighted by Crippen LogP contribution is -2.09. The smallest absolute Gasteiger partial charge is 0.331 e. The molecule has 0 radical (unpaired) electrons. The topological polar surface area (TPSA) is 66.6 Å². The monoisotopic (exact) mass is 220 g/mol. The maximum absolute atomic E-state index is 10.7. The van der Waals surface area contributed by atoms with E-state index >= 15 is 0 Å². The molecule has 0 amide bonds. The van der Waals surface area contributed by atoms with Crippen molar-refractivity contribution in [2.45, 2.75) is 6.92 Å². The molecule has 0 heterocycles. The highest BCUT2D eigenvalue weighted by Crippen LogP contribution is 2.22. The van der Waals surface area contributed by atoms with Crippen LogP contribution in [0.25, 0.3) is 6.08 Å². The van der Waals surface area contributed by atoms with Gasteiger partial charge < -0.3 is 15.7 Å². The number of hydrogen-bond acceptors (Lipinski definition) is 3. The van der Waals surface area contributed by atoms with Gasteiger partial charge in [0.2, 0.25) is 0 Å². The molecule has 0 fully saturated rings. The van der Waals surface area contributed by atoms with Gasteiger partial charge in [-0.15, -0.1) is 0 Å². The third-order valence-electron chi connectivity index (χ3n) is 2.30. The van der Waals surface area contributed by atoms with Crippen molar-refractivity contribution in [3.63, 3.8) is 0 Å². The molecule has 0 unspecified atom stereocenters. The molecule has 0 aromatic heterocycles. The van der Waals surface area contributed by atoms with E-state index in [2.05, 4.69) is 0 Å². The van der Waals surface area contributed by atoms with Gasteiger partial charge in [0, 0.05) is 31.0 Å². The summed E-state index contributed by atoms with van der Waals surface area (Å²) in [5.74, 6) is -0.934. The number of anilines is 2. The van der Waals surface area contributed by atoms with Crippen molar-refractivity contribution in [1.29, 1.82) is 0 Å². The Morgan fingerprint density at radius 1 is 1.44 bits per heavy atom. The van der Waals surface area contributed by atoms with E-state index in [9.17, 15) is 4.79 Å². The van der Waals surface area contributed by atoms with E-state index in [4.69, 9.17) is 10.8 Å². The summed E-state index contributed by atoms with van der Waals surface area (Å²) >= 11 is 0. The summed E-state index contributed by atoms with van der Waals surface area (Å²) in [5.41, 5.74) is 8.40. The molecule has 0 saturated carbocycles. The summed E-state index contributed by atoms with van der Waals surface area (Å²) in [6.07, 6.45) is 1.57. The fraction of sp³-hybridized carbons (Fsp3) is 0.250. The van der Waals surface area contributed by atoms with Crippen molar-refractivity contribution in [1.82, 2.24) is 0 Å². The van der Waals surface area contributed by atoms with Crippen LogP contribution in [0.3, 0.4) is 0 Å². The Hall–Kier alpha value is -1.97. The predicted octanol–water partition coefficient (Wildman–Crippen LogP) is 1.82. The number of carboxylic acids is 1. The van der Waals surface area contributed by atoms with Gasteiger partial charge in [-0.2, -0.15) is 0 Å². The van der Waals surface area contributed by atoms with Gasteiger partial charge in [0.05, 0.1) is 0 Å². The molecule has 1 aromatic carbocycles. The molecule has 0 bridgehead atoms. The number of carbonyl (C=O) groups is 1. The van der Waals surface area contributed by atoms with Gasteiger partial charge in [-0.25, -0.2) is 4.79 Å². The minimum atomic E-state index is -0.934. The normalized spacial score (nSPS) is 11.3. The number of aliphatic carboxylic acids is 1. The molecule has 0 saturated heterocycles. The minimum absolute atomic E-state index is 0.268. The zero-order valence-corrected chi connectivity index (χ0v) is 9.69. The zero-order valence-electron chi connectivity index (χ0n) is 9.69. The van der Waals surface area contributed by atoms with Crippen LogP contribution in [-0.4, -0.2) is 25.2 Å². The summed E-state index contributed by atoms with van der Waals surface area (Å²) in [6, 6.07) is 5.54. The maximum Gasteiger partial charge on any atom is 0.331 e. The van der Waals surface area contributed by atoms with Gasteiger partial charge in [0.1, 0.15) is 0 Å². The summed E-state index contributed by atoms with van der Waals surface area (Å²) in [6.45, 7) is 1.54. The first-order chi connectivity index (χ1) is 7.41. The van der Waals surface area contributed by atoms with Crippen LogP contribution >= 0.6 is 0 Å². The van der Waals surface area contributed by atoms with Crippen LogP contribution in [0.15, 0.2) is 23.8 Å². The molecule has 0 atom stereocenters. The zero-order chi connectivity index (χ0) is 12.3. The first-order valence-electron chi connectivity index (χ1n) is 4.90. The average Bonchev–Trinajstić information content (AvgIpc) is 2.20. The van der Waals surface area contributed by atoms with Gasteiger partial charge in [-0.1, -0.05) is 6.07 Å². The largest absolute Gasteiger partial charge is 0.478 e. The Bertz CT molecular complexity index is 437. The number of rotatable bonds is 3. The highest BCUT2D eigenvalue weighted by molar-refractivity contribution is 5.92. The number of carboxylic acid groups (broad SMARTS) is 1. The first-order valence-corrected chi connectivity index (χ1v) is 4.90. The fourth-order valence-electron chi connectivity index (χ4n) is 1.27. The second kappa shape index (κ2) is 4.70. The third kappa shape index (κ3) is 2.76. The summed E-state index contributed by atoms with van der Waals surface area (Å²) in [4.78, 5) is 12.6. The molecule has 1 rings (SSSR count). The first kappa shape index (κ1) is 12.1. The molecule has 0 aliphatic heterocycles. The Labute approximate surface area is 95.0 Å². The quantitative estimate of drug-likeness (QED) is 0.602. The Morgan fingerprint density at radius 2 is 2.06 bits per heavy atom. The average molecular weight is 220 g/mol. The van der Waals surface area contributed by atoms with Crippen LogP contribution in [0, 0.1) is 0 Å². The molecule has 3 N–H and O–H groups in total. The van der Waals surface area contributed by atoms with Crippen molar-refractivity contribution < 1.29 is 9.90 Å². The lowest BCUT2D eigenvalue weighted by Gasteiger charge is -2.13. The van der Waals surface area contributed by atoms with E-state index in [1.54, 1.807) is 13.0 Å². The maximum atomic E-state index is 10.7. The predicted molar refractivity (Wildman–Crippen MR) is 66.5 cm³/mol. The number of nitrogens with zero attached hydrogens (tertiary/aromatic N) is 1. The van der Waals surface area contributed by atoms with Crippen LogP contribution in [0.4, 0.5) is 11.4 Å². The Balaban J connectivity index is 3.09. The number of hydrogen-bond donors (Lipinski definition) is 2. The van der Waals surface area contributed by atoms with E-state index in [0.717, 1.165) is 11.3 Å². The lowest BCUT2D eigenvalue weighted by molar-refractivity contribution is -0.132. The van der Waals surface area contributed by atoms with Crippen molar-refractivity contribution >= 4 is 23.4 Å². The van der Waals surface area contributed by atoms with Gasteiger partial charge in [0.15, 0.2) is 0 Å². The number of nitrogens with two attached hydrogens (primary N) is 1. The Morgan fingerprint density at radius 3 is 2.50 bits per heavy atom. The lowest BCUT2D eigenvalue weighted by atomic mass is 10.1. The van der Waals surface area contributed by atoms with E-state index in [1.165, 1.54) is 0 Å². The Kier molecular flexibility index (Phi) is 3.55. The molecule has 4 heteroatoms. The van der Waals surface area contributed by atoms with E-state index in [1.807, 2.05) is 37.2 Å². The van der Waals surface area contributed by atoms with Gasteiger partial charge in [0.25, 0.3) is 0 Å². The van der Waals surface area contributed by atoms with Crippen LogP contribution < -0.4 is 10.6 Å². The molecule has 1 aromatic rings. The van der Waals surface area contributed by atoms with Crippen molar-refractivity contribution in [3.8, 4) is 0 Å².